The lowest BCUT2D eigenvalue weighted by molar-refractivity contribution is 0.886. The predicted molar refractivity (Wildman–Crippen MR) is 62.3 cm³/mol. The highest BCUT2D eigenvalue weighted by atomic mass is 14.7. The Kier molecular flexibility index (Phi) is 4.37. The van der Waals surface area contributed by atoms with Crippen molar-refractivity contribution in [1.29, 1.82) is 0 Å². The number of nitrogens with zero attached hydrogens (tertiary/aromatic N) is 1. The van der Waals surface area contributed by atoms with Crippen LogP contribution >= 0.6 is 0 Å². The van der Waals surface area contributed by atoms with E-state index in [1.54, 1.807) is 0 Å². The molecular formula is C13H19N. The molecule has 1 aromatic rings. The molecule has 0 amide bonds. The Hall–Kier alpha value is -1.11. The van der Waals surface area contributed by atoms with E-state index in [2.05, 4.69) is 37.0 Å². The summed E-state index contributed by atoms with van der Waals surface area (Å²) in [5.74, 6) is 0. The summed E-state index contributed by atoms with van der Waals surface area (Å²) in [5.41, 5.74) is 3.81. The maximum Gasteiger partial charge on any atom is 0.0375 e. The molecule has 1 nitrogen and oxygen atoms in total. The molecule has 1 heteroatoms. The molecule has 0 N–H and O–H groups in total. The molecule has 14 heavy (non-hydrogen) atoms. The molecule has 0 aromatic carbocycles. The van der Waals surface area contributed by atoms with Crippen LogP contribution in [0.15, 0.2) is 18.3 Å². The summed E-state index contributed by atoms with van der Waals surface area (Å²) in [5, 5.41) is 0. The summed E-state index contributed by atoms with van der Waals surface area (Å²) in [7, 11) is 0. The van der Waals surface area contributed by atoms with E-state index in [4.69, 9.17) is 0 Å². The van der Waals surface area contributed by atoms with Crippen LogP contribution in [0.5, 0.6) is 0 Å². The third-order valence-corrected chi connectivity index (χ3v) is 2.30. The lowest BCUT2D eigenvalue weighted by Crippen LogP contribution is -1.86. The molecule has 76 valence electrons. The Morgan fingerprint density at radius 2 is 2.00 bits per heavy atom. The van der Waals surface area contributed by atoms with Gasteiger partial charge in [-0.05, 0) is 30.5 Å². The van der Waals surface area contributed by atoms with Crippen molar-refractivity contribution in [2.45, 2.75) is 40.0 Å². The van der Waals surface area contributed by atoms with Crippen LogP contribution in [0, 0.1) is 6.92 Å². The van der Waals surface area contributed by atoms with Crippen molar-refractivity contribution in [3.8, 4) is 0 Å². The first-order valence-electron chi connectivity index (χ1n) is 5.40. The van der Waals surface area contributed by atoms with E-state index in [1.807, 2.05) is 13.1 Å². The van der Waals surface area contributed by atoms with Gasteiger partial charge in [-0.3, -0.25) is 4.98 Å². The topological polar surface area (TPSA) is 12.9 Å². The molecular weight excluding hydrogens is 170 g/mol. The van der Waals surface area contributed by atoms with Crippen LogP contribution in [0.2, 0.25) is 0 Å². The number of rotatable bonds is 1. The largest absolute Gasteiger partial charge is 0.261 e. The van der Waals surface area contributed by atoms with Crippen molar-refractivity contribution in [2.75, 3.05) is 0 Å². The van der Waals surface area contributed by atoms with Crippen LogP contribution in [0.1, 0.15) is 43.5 Å². The molecule has 0 atom stereocenters. The molecule has 0 saturated heterocycles. The van der Waals surface area contributed by atoms with Crippen LogP contribution in [0.3, 0.4) is 0 Å². The minimum Gasteiger partial charge on any atom is -0.261 e. The fourth-order valence-corrected chi connectivity index (χ4v) is 1.27. The lowest BCUT2D eigenvalue weighted by atomic mass is 10.1. The second-order valence-electron chi connectivity index (χ2n) is 3.63. The molecule has 0 aliphatic heterocycles. The van der Waals surface area contributed by atoms with Gasteiger partial charge in [-0.25, -0.2) is 0 Å². The van der Waals surface area contributed by atoms with Crippen LogP contribution in [-0.2, 0) is 6.42 Å². The number of allylic oxidation sites excluding steroid dienone is 1. The summed E-state index contributed by atoms with van der Waals surface area (Å²) in [6.45, 7) is 6.39. The van der Waals surface area contributed by atoms with Crippen LogP contribution in [-0.4, -0.2) is 4.98 Å². The van der Waals surface area contributed by atoms with Gasteiger partial charge in [0.15, 0.2) is 0 Å². The van der Waals surface area contributed by atoms with Gasteiger partial charge in [0.1, 0.15) is 0 Å². The smallest absolute Gasteiger partial charge is 0.0375 e. The quantitative estimate of drug-likeness (QED) is 0.655. The molecule has 0 fully saturated rings. The standard InChI is InChI=1S/C9H9N.C4H10/c1-7-5-8-3-2-4-9(8)6-10-7;1-3-4-2/h2,4-6H,3H2,1H3;3-4H2,1-2H3. The second-order valence-corrected chi connectivity index (χ2v) is 3.63. The van der Waals surface area contributed by atoms with Crippen molar-refractivity contribution in [3.63, 3.8) is 0 Å². The lowest BCUT2D eigenvalue weighted by Gasteiger charge is -1.97. The van der Waals surface area contributed by atoms with E-state index >= 15 is 0 Å². The molecule has 1 aromatic heterocycles. The van der Waals surface area contributed by atoms with Gasteiger partial charge in [-0.15, -0.1) is 0 Å². The van der Waals surface area contributed by atoms with Gasteiger partial charge in [0.2, 0.25) is 0 Å². The summed E-state index contributed by atoms with van der Waals surface area (Å²) in [6, 6.07) is 2.15. The molecule has 0 bridgehead atoms. The summed E-state index contributed by atoms with van der Waals surface area (Å²) >= 11 is 0. The van der Waals surface area contributed by atoms with Gasteiger partial charge in [0, 0.05) is 11.9 Å². The monoisotopic (exact) mass is 189 g/mol. The molecule has 1 heterocycles. The number of hydrogen-bond donors (Lipinski definition) is 0. The average Bonchev–Trinajstić information content (AvgIpc) is 2.65. The van der Waals surface area contributed by atoms with Gasteiger partial charge in [-0.1, -0.05) is 38.8 Å². The van der Waals surface area contributed by atoms with Crippen molar-refractivity contribution in [3.05, 3.63) is 35.2 Å². The third kappa shape index (κ3) is 2.99. The van der Waals surface area contributed by atoms with Gasteiger partial charge >= 0.3 is 0 Å². The van der Waals surface area contributed by atoms with Crippen molar-refractivity contribution >= 4 is 6.08 Å². The number of unbranched alkanes of at least 4 members (excludes halogenated alkanes) is 1. The van der Waals surface area contributed by atoms with E-state index < -0.39 is 0 Å². The molecule has 0 spiro atoms. The maximum absolute atomic E-state index is 4.20. The van der Waals surface area contributed by atoms with Gasteiger partial charge < -0.3 is 0 Å². The average molecular weight is 189 g/mol. The van der Waals surface area contributed by atoms with Crippen LogP contribution in [0.4, 0.5) is 0 Å². The highest BCUT2D eigenvalue weighted by Gasteiger charge is 2.03. The minimum absolute atomic E-state index is 1.08. The summed E-state index contributed by atoms with van der Waals surface area (Å²) in [4.78, 5) is 4.20. The van der Waals surface area contributed by atoms with E-state index in [0.29, 0.717) is 0 Å². The number of hydrogen-bond acceptors (Lipinski definition) is 1. The first kappa shape index (κ1) is 11.0. The zero-order chi connectivity index (χ0) is 10.4. The maximum atomic E-state index is 4.20. The van der Waals surface area contributed by atoms with E-state index in [1.165, 1.54) is 24.0 Å². The van der Waals surface area contributed by atoms with E-state index in [0.717, 1.165) is 12.1 Å². The number of aromatic nitrogens is 1. The van der Waals surface area contributed by atoms with E-state index in [9.17, 15) is 0 Å². The molecule has 0 radical (unpaired) electrons. The first-order valence-corrected chi connectivity index (χ1v) is 5.40. The Labute approximate surface area is 86.9 Å². The summed E-state index contributed by atoms with van der Waals surface area (Å²) in [6.07, 6.45) is 9.96. The first-order chi connectivity index (χ1) is 6.77. The Morgan fingerprint density at radius 3 is 2.64 bits per heavy atom. The minimum atomic E-state index is 1.08. The second kappa shape index (κ2) is 5.58. The normalized spacial score (nSPS) is 11.9. The van der Waals surface area contributed by atoms with E-state index in [-0.39, 0.29) is 0 Å². The molecule has 0 saturated carbocycles. The van der Waals surface area contributed by atoms with Gasteiger partial charge in [0.25, 0.3) is 0 Å². The van der Waals surface area contributed by atoms with Crippen molar-refractivity contribution in [2.24, 2.45) is 0 Å². The molecule has 1 aliphatic rings. The Morgan fingerprint density at radius 1 is 1.29 bits per heavy atom. The molecule has 1 aliphatic carbocycles. The molecule has 0 unspecified atom stereocenters. The van der Waals surface area contributed by atoms with Gasteiger partial charge in [0.05, 0.1) is 0 Å². The van der Waals surface area contributed by atoms with Gasteiger partial charge in [-0.2, -0.15) is 0 Å². The van der Waals surface area contributed by atoms with Crippen molar-refractivity contribution in [1.82, 2.24) is 4.98 Å². The Balaban J connectivity index is 0.000000213. The molecule has 2 rings (SSSR count). The Bertz CT molecular complexity index is 311. The highest BCUT2D eigenvalue weighted by Crippen LogP contribution is 2.18. The zero-order valence-corrected chi connectivity index (χ0v) is 9.38. The number of aryl methyl sites for hydroxylation is 1. The summed E-state index contributed by atoms with van der Waals surface area (Å²) < 4.78 is 0. The fourth-order valence-electron chi connectivity index (χ4n) is 1.27. The highest BCUT2D eigenvalue weighted by molar-refractivity contribution is 5.58. The number of fused-ring (bicyclic) bond motifs is 1. The predicted octanol–water partition coefficient (Wildman–Crippen LogP) is 3.77. The SMILES string of the molecule is CCCC.Cc1cc2c(cn1)C=CC2. The van der Waals surface area contributed by atoms with Crippen LogP contribution in [0.25, 0.3) is 6.08 Å². The third-order valence-electron chi connectivity index (χ3n) is 2.30. The fraction of sp³-hybridized carbons (Fsp3) is 0.462. The number of pyridine rings is 1. The van der Waals surface area contributed by atoms with Crippen molar-refractivity contribution < 1.29 is 0 Å². The zero-order valence-electron chi connectivity index (χ0n) is 9.38. The van der Waals surface area contributed by atoms with Crippen LogP contribution < -0.4 is 0 Å².